The minimum absolute atomic E-state index is 0.111. The molecule has 2 nitrogen and oxygen atoms in total. The second-order valence-corrected chi connectivity index (χ2v) is 15.7. The maximum absolute atomic E-state index is 2.55. The lowest BCUT2D eigenvalue weighted by atomic mass is 9.74. The Morgan fingerprint density at radius 2 is 1.00 bits per heavy atom. The van der Waals surface area contributed by atoms with Gasteiger partial charge in [0.1, 0.15) is 0 Å². The third-order valence-electron chi connectivity index (χ3n) is 11.5. The van der Waals surface area contributed by atoms with Crippen molar-refractivity contribution in [1.82, 2.24) is 0 Å². The molecule has 1 atom stereocenters. The molecule has 0 saturated carbocycles. The number of anilines is 6. The summed E-state index contributed by atoms with van der Waals surface area (Å²) in [7, 11) is 0. The van der Waals surface area contributed by atoms with Crippen molar-refractivity contribution in [3.05, 3.63) is 191 Å². The average molecular weight is 689 g/mol. The van der Waals surface area contributed by atoms with E-state index in [1.807, 2.05) is 11.3 Å². The van der Waals surface area contributed by atoms with Gasteiger partial charge >= 0.3 is 0 Å². The average Bonchev–Trinajstić information content (AvgIpc) is 3.87. The molecule has 0 N–H and O–H groups in total. The summed E-state index contributed by atoms with van der Waals surface area (Å²) in [6, 6.07) is 58.7. The van der Waals surface area contributed by atoms with Crippen LogP contribution in [0.15, 0.2) is 158 Å². The van der Waals surface area contributed by atoms with Gasteiger partial charge in [0, 0.05) is 48.3 Å². The van der Waals surface area contributed by atoms with Crippen LogP contribution in [0.1, 0.15) is 46.2 Å². The number of para-hydroxylation sites is 3. The highest BCUT2D eigenvalue weighted by atomic mass is 32.1. The Bertz CT molecular complexity index is 2560. The third kappa shape index (κ3) is 4.83. The molecule has 1 heterocycles. The van der Waals surface area contributed by atoms with E-state index in [2.05, 4.69) is 181 Å². The molecule has 2 aliphatic rings. The number of fused-ring (bicyclic) bond motifs is 7. The molecule has 8 aromatic rings. The van der Waals surface area contributed by atoms with E-state index in [0.717, 1.165) is 25.7 Å². The van der Waals surface area contributed by atoms with Gasteiger partial charge in [0.25, 0.3) is 0 Å². The number of thiophene rings is 1. The fourth-order valence-electron chi connectivity index (χ4n) is 9.51. The van der Waals surface area contributed by atoms with Crippen molar-refractivity contribution in [3.63, 3.8) is 0 Å². The molecule has 52 heavy (non-hydrogen) atoms. The third-order valence-corrected chi connectivity index (χ3v) is 12.7. The molecule has 3 heteroatoms. The van der Waals surface area contributed by atoms with Gasteiger partial charge in [-0.3, -0.25) is 0 Å². The normalized spacial score (nSPS) is 16.0. The van der Waals surface area contributed by atoms with Crippen molar-refractivity contribution in [2.24, 2.45) is 0 Å². The molecular formula is C49H40N2S. The summed E-state index contributed by atoms with van der Waals surface area (Å²) < 4.78 is 2.71. The molecule has 1 aromatic heterocycles. The monoisotopic (exact) mass is 688 g/mol. The molecule has 0 radical (unpaired) electrons. The van der Waals surface area contributed by atoms with Crippen molar-refractivity contribution >= 4 is 65.6 Å². The molecule has 252 valence electrons. The van der Waals surface area contributed by atoms with E-state index in [9.17, 15) is 0 Å². The van der Waals surface area contributed by atoms with Gasteiger partial charge in [-0.05, 0) is 146 Å². The number of hydrogen-bond acceptors (Lipinski definition) is 3. The maximum Gasteiger partial charge on any atom is 0.0505 e. The molecule has 0 unspecified atom stereocenters. The van der Waals surface area contributed by atoms with Crippen LogP contribution >= 0.6 is 11.3 Å². The Labute approximate surface area is 310 Å². The second-order valence-electron chi connectivity index (χ2n) is 14.6. The van der Waals surface area contributed by atoms with Crippen molar-refractivity contribution in [2.45, 2.75) is 44.9 Å². The van der Waals surface area contributed by atoms with E-state index in [4.69, 9.17) is 0 Å². The molecule has 0 saturated heterocycles. The molecule has 1 spiro atoms. The molecule has 10 rings (SSSR count). The first-order chi connectivity index (χ1) is 25.6. The molecule has 0 aliphatic heterocycles. The highest BCUT2D eigenvalue weighted by Crippen LogP contribution is 2.60. The molecule has 0 bridgehead atoms. The van der Waals surface area contributed by atoms with Gasteiger partial charge in [-0.15, -0.1) is 11.3 Å². The van der Waals surface area contributed by atoms with Crippen LogP contribution in [0.25, 0.3) is 20.2 Å². The Kier molecular flexibility index (Phi) is 7.33. The summed E-state index contributed by atoms with van der Waals surface area (Å²) in [5.41, 5.74) is 15.8. The van der Waals surface area contributed by atoms with Gasteiger partial charge in [-0.1, -0.05) is 84.9 Å². The van der Waals surface area contributed by atoms with E-state index in [0.29, 0.717) is 0 Å². The topological polar surface area (TPSA) is 6.48 Å². The van der Waals surface area contributed by atoms with E-state index in [1.165, 1.54) is 87.7 Å². The van der Waals surface area contributed by atoms with Crippen molar-refractivity contribution in [3.8, 4) is 0 Å². The van der Waals surface area contributed by atoms with Crippen molar-refractivity contribution in [1.29, 1.82) is 0 Å². The van der Waals surface area contributed by atoms with Gasteiger partial charge in [0.2, 0.25) is 0 Å². The summed E-state index contributed by atoms with van der Waals surface area (Å²) in [5, 5.41) is 2.72. The number of hydrogen-bond donors (Lipinski definition) is 0. The van der Waals surface area contributed by atoms with Crippen LogP contribution in [0.4, 0.5) is 34.1 Å². The van der Waals surface area contributed by atoms with Crippen LogP contribution in [0, 0.1) is 13.8 Å². The van der Waals surface area contributed by atoms with Crippen LogP contribution in [0.3, 0.4) is 0 Å². The molecule has 0 amide bonds. The molecule has 2 aliphatic carbocycles. The standard InChI is InChI=1S/C49H40N2S/c1-33-30-34(2)46-41-32-40(24-25-44(41)52-45(46)31-33)51(39-20-10-5-11-21-39)43-23-13-15-36-27-29-49(48(36)43)28-26-35-14-12-22-42(47(35)49)50(37-16-6-3-7-17-37)38-18-8-4-9-19-38/h3-25,30-32H,26-29H2,1-2H3/t49-/m1/s1. The van der Waals surface area contributed by atoms with Gasteiger partial charge in [-0.25, -0.2) is 0 Å². The zero-order valence-electron chi connectivity index (χ0n) is 29.6. The van der Waals surface area contributed by atoms with E-state index in [1.54, 1.807) is 0 Å². The van der Waals surface area contributed by atoms with Gasteiger partial charge in [0.05, 0.1) is 11.4 Å². The number of aryl methyl sites for hydroxylation is 4. The quantitative estimate of drug-likeness (QED) is 0.172. The summed E-state index contributed by atoms with van der Waals surface area (Å²) in [5.74, 6) is 0. The van der Waals surface area contributed by atoms with Gasteiger partial charge in [0.15, 0.2) is 0 Å². The van der Waals surface area contributed by atoms with E-state index >= 15 is 0 Å². The van der Waals surface area contributed by atoms with Crippen LogP contribution in [0.2, 0.25) is 0 Å². The first kappa shape index (κ1) is 31.1. The maximum atomic E-state index is 2.55. The van der Waals surface area contributed by atoms with Crippen LogP contribution in [0.5, 0.6) is 0 Å². The summed E-state index contributed by atoms with van der Waals surface area (Å²) in [4.78, 5) is 5.03. The Morgan fingerprint density at radius 3 is 1.54 bits per heavy atom. The first-order valence-electron chi connectivity index (χ1n) is 18.5. The lowest BCUT2D eigenvalue weighted by molar-refractivity contribution is 0.508. The van der Waals surface area contributed by atoms with Crippen LogP contribution in [-0.2, 0) is 18.3 Å². The van der Waals surface area contributed by atoms with Crippen LogP contribution < -0.4 is 9.80 Å². The first-order valence-corrected chi connectivity index (χ1v) is 19.3. The summed E-state index contributed by atoms with van der Waals surface area (Å²) >= 11 is 1.91. The van der Waals surface area contributed by atoms with Gasteiger partial charge in [-0.2, -0.15) is 0 Å². The smallest absolute Gasteiger partial charge is 0.0505 e. The zero-order chi connectivity index (χ0) is 34.8. The minimum Gasteiger partial charge on any atom is -0.310 e. The van der Waals surface area contributed by atoms with Crippen molar-refractivity contribution in [2.75, 3.05) is 9.80 Å². The summed E-state index contributed by atoms with van der Waals surface area (Å²) in [6.45, 7) is 4.47. The fraction of sp³-hybridized carbons (Fsp3) is 0.143. The SMILES string of the molecule is Cc1cc(C)c2c(c1)sc1ccc(N(c3ccccc3)c3cccc4c3[C@]3(CCc5cccc(N(c6ccccc6)c6ccccc6)c53)CC4)cc12. The molecule has 7 aromatic carbocycles. The fourth-order valence-corrected chi connectivity index (χ4v) is 10.8. The largest absolute Gasteiger partial charge is 0.310 e. The highest BCUT2D eigenvalue weighted by Gasteiger charge is 2.49. The van der Waals surface area contributed by atoms with E-state index in [-0.39, 0.29) is 5.41 Å². The summed E-state index contributed by atoms with van der Waals surface area (Å²) in [6.07, 6.45) is 4.36. The second kappa shape index (κ2) is 12.3. The predicted octanol–water partition coefficient (Wildman–Crippen LogP) is 13.8. The lowest BCUT2D eigenvalue weighted by Gasteiger charge is -2.37. The Balaban J connectivity index is 1.21. The van der Waals surface area contributed by atoms with E-state index < -0.39 is 0 Å². The Morgan fingerprint density at radius 1 is 0.481 bits per heavy atom. The zero-order valence-corrected chi connectivity index (χ0v) is 30.5. The number of benzene rings is 7. The van der Waals surface area contributed by atoms with Crippen molar-refractivity contribution < 1.29 is 0 Å². The molecule has 0 fully saturated rings. The Hall–Kier alpha value is -5.64. The highest BCUT2D eigenvalue weighted by molar-refractivity contribution is 7.25. The number of rotatable bonds is 6. The minimum atomic E-state index is -0.111. The van der Waals surface area contributed by atoms with Gasteiger partial charge < -0.3 is 9.80 Å². The van der Waals surface area contributed by atoms with Crippen LogP contribution in [-0.4, -0.2) is 0 Å². The predicted molar refractivity (Wildman–Crippen MR) is 222 cm³/mol. The lowest BCUT2D eigenvalue weighted by Crippen LogP contribution is -2.27. The molecular weight excluding hydrogens is 649 g/mol. The number of nitrogens with zero attached hydrogens (tertiary/aromatic N) is 2.